The third kappa shape index (κ3) is 2.07. The Labute approximate surface area is 101 Å². The number of imidazole rings is 1. The Hall–Kier alpha value is -0.840. The lowest BCUT2D eigenvalue weighted by atomic mass is 10.2. The minimum atomic E-state index is 0.415. The highest BCUT2D eigenvalue weighted by molar-refractivity contribution is 9.10. The molecule has 1 aromatic carbocycles. The van der Waals surface area contributed by atoms with Gasteiger partial charge in [-0.2, -0.15) is 0 Å². The van der Waals surface area contributed by atoms with E-state index in [-0.39, 0.29) is 0 Å². The van der Waals surface area contributed by atoms with Gasteiger partial charge < -0.3 is 10.7 Å². The van der Waals surface area contributed by atoms with Crippen LogP contribution in [0, 0.1) is 0 Å². The molecule has 0 amide bonds. The first-order valence-electron chi connectivity index (χ1n) is 4.41. The fraction of sp³-hybridized carbons (Fsp3) is 0.100. The third-order valence-electron chi connectivity index (χ3n) is 2.06. The van der Waals surface area contributed by atoms with E-state index in [1.54, 1.807) is 0 Å². The minimum absolute atomic E-state index is 0.415. The molecule has 78 valence electrons. The highest BCUT2D eigenvalue weighted by Crippen LogP contribution is 2.27. The molecule has 0 aliphatic carbocycles. The SMILES string of the molecule is NCc1[nH]c(-c2ccccc2Cl)nc1Br. The number of aromatic nitrogens is 2. The Morgan fingerprint density at radius 2 is 2.13 bits per heavy atom. The Morgan fingerprint density at radius 3 is 2.73 bits per heavy atom. The molecule has 0 saturated carbocycles. The quantitative estimate of drug-likeness (QED) is 0.892. The molecule has 15 heavy (non-hydrogen) atoms. The average Bonchev–Trinajstić information content (AvgIpc) is 2.60. The molecule has 1 heterocycles. The Balaban J connectivity index is 2.50. The normalized spacial score (nSPS) is 10.6. The van der Waals surface area contributed by atoms with Crippen LogP contribution in [0.5, 0.6) is 0 Å². The van der Waals surface area contributed by atoms with Gasteiger partial charge in [0.05, 0.1) is 10.7 Å². The highest BCUT2D eigenvalue weighted by atomic mass is 79.9. The largest absolute Gasteiger partial charge is 0.340 e. The molecule has 5 heteroatoms. The van der Waals surface area contributed by atoms with Crippen molar-refractivity contribution in [3.05, 3.63) is 39.6 Å². The molecule has 0 aliphatic heterocycles. The van der Waals surface area contributed by atoms with E-state index in [0.717, 1.165) is 21.7 Å². The van der Waals surface area contributed by atoms with Gasteiger partial charge in [0, 0.05) is 12.1 Å². The van der Waals surface area contributed by atoms with Crippen molar-refractivity contribution in [2.75, 3.05) is 0 Å². The van der Waals surface area contributed by atoms with E-state index in [0.29, 0.717) is 11.6 Å². The summed E-state index contributed by atoms with van der Waals surface area (Å²) in [4.78, 5) is 7.43. The van der Waals surface area contributed by atoms with Crippen LogP contribution in [0.1, 0.15) is 5.69 Å². The number of hydrogen-bond donors (Lipinski definition) is 2. The van der Waals surface area contributed by atoms with Crippen LogP contribution in [0.2, 0.25) is 5.02 Å². The zero-order chi connectivity index (χ0) is 10.8. The molecule has 0 saturated heterocycles. The third-order valence-corrected chi connectivity index (χ3v) is 3.05. The van der Waals surface area contributed by atoms with E-state index < -0.39 is 0 Å². The molecule has 3 nitrogen and oxygen atoms in total. The summed E-state index contributed by atoms with van der Waals surface area (Å²) in [5, 5.41) is 0.669. The fourth-order valence-electron chi connectivity index (χ4n) is 1.30. The molecule has 0 radical (unpaired) electrons. The number of nitrogens with zero attached hydrogens (tertiary/aromatic N) is 1. The molecule has 1 aromatic heterocycles. The summed E-state index contributed by atoms with van der Waals surface area (Å²) < 4.78 is 0.736. The van der Waals surface area contributed by atoms with Gasteiger partial charge in [0.1, 0.15) is 10.4 Å². The molecule has 0 spiro atoms. The first-order valence-corrected chi connectivity index (χ1v) is 5.59. The molecule has 2 rings (SSSR count). The van der Waals surface area contributed by atoms with E-state index >= 15 is 0 Å². The number of H-pyrrole nitrogens is 1. The van der Waals surface area contributed by atoms with Gasteiger partial charge in [0.2, 0.25) is 0 Å². The summed E-state index contributed by atoms with van der Waals surface area (Å²) in [6.07, 6.45) is 0. The van der Waals surface area contributed by atoms with Crippen molar-refractivity contribution in [2.24, 2.45) is 5.73 Å². The molecule has 2 aromatic rings. The van der Waals surface area contributed by atoms with Crippen LogP contribution >= 0.6 is 27.5 Å². The number of aromatic amines is 1. The van der Waals surface area contributed by atoms with E-state index in [1.165, 1.54) is 0 Å². The van der Waals surface area contributed by atoms with Crippen LogP contribution < -0.4 is 5.73 Å². The van der Waals surface area contributed by atoms with Gasteiger partial charge >= 0.3 is 0 Å². The molecule has 3 N–H and O–H groups in total. The van der Waals surface area contributed by atoms with Gasteiger partial charge in [-0.05, 0) is 28.1 Å². The molecule has 0 fully saturated rings. The maximum atomic E-state index is 6.06. The summed E-state index contributed by atoms with van der Waals surface area (Å²) >= 11 is 9.39. The Kier molecular flexibility index (Phi) is 3.09. The van der Waals surface area contributed by atoms with Crippen LogP contribution in [0.3, 0.4) is 0 Å². The number of benzene rings is 1. The first-order chi connectivity index (χ1) is 7.22. The molecule has 0 unspecified atom stereocenters. The molecular weight excluding hydrogens is 277 g/mol. The smallest absolute Gasteiger partial charge is 0.140 e. The Bertz CT molecular complexity index is 481. The van der Waals surface area contributed by atoms with Crippen LogP contribution in [-0.2, 0) is 6.54 Å². The van der Waals surface area contributed by atoms with Crippen LogP contribution in [-0.4, -0.2) is 9.97 Å². The highest BCUT2D eigenvalue weighted by Gasteiger charge is 2.10. The summed E-state index contributed by atoms with van der Waals surface area (Å²) in [5.74, 6) is 0.730. The number of halogens is 2. The molecule has 0 bridgehead atoms. The van der Waals surface area contributed by atoms with Gasteiger partial charge in [-0.25, -0.2) is 4.98 Å². The van der Waals surface area contributed by atoms with E-state index in [1.807, 2.05) is 24.3 Å². The predicted molar refractivity (Wildman–Crippen MR) is 64.6 cm³/mol. The van der Waals surface area contributed by atoms with Crippen molar-refractivity contribution < 1.29 is 0 Å². The lowest BCUT2D eigenvalue weighted by molar-refractivity contribution is 1.00. The second-order valence-electron chi connectivity index (χ2n) is 3.04. The first kappa shape index (κ1) is 10.7. The topological polar surface area (TPSA) is 54.7 Å². The number of nitrogens with two attached hydrogens (primary N) is 1. The van der Waals surface area contributed by atoms with Gasteiger partial charge in [0.15, 0.2) is 0 Å². The van der Waals surface area contributed by atoms with Crippen molar-refractivity contribution in [2.45, 2.75) is 6.54 Å². The zero-order valence-corrected chi connectivity index (χ0v) is 10.1. The van der Waals surface area contributed by atoms with Crippen molar-refractivity contribution in [1.82, 2.24) is 9.97 Å². The van der Waals surface area contributed by atoms with Crippen LogP contribution in [0.25, 0.3) is 11.4 Å². The lowest BCUT2D eigenvalue weighted by Crippen LogP contribution is -1.96. The van der Waals surface area contributed by atoms with E-state index in [2.05, 4.69) is 25.9 Å². The second kappa shape index (κ2) is 4.35. The number of hydrogen-bond acceptors (Lipinski definition) is 2. The van der Waals surface area contributed by atoms with Gasteiger partial charge in [0.25, 0.3) is 0 Å². The maximum absolute atomic E-state index is 6.06. The lowest BCUT2D eigenvalue weighted by Gasteiger charge is -1.98. The van der Waals surface area contributed by atoms with Gasteiger partial charge in [-0.15, -0.1) is 0 Å². The van der Waals surface area contributed by atoms with Crippen LogP contribution in [0.4, 0.5) is 0 Å². The summed E-state index contributed by atoms with van der Waals surface area (Å²) in [6, 6.07) is 7.54. The van der Waals surface area contributed by atoms with E-state index in [9.17, 15) is 0 Å². The van der Waals surface area contributed by atoms with Crippen LogP contribution in [0.15, 0.2) is 28.9 Å². The second-order valence-corrected chi connectivity index (χ2v) is 4.20. The zero-order valence-electron chi connectivity index (χ0n) is 7.80. The standard InChI is InChI=1S/C10H9BrClN3/c11-9-8(5-13)14-10(15-9)6-3-1-2-4-7(6)12/h1-4H,5,13H2,(H,14,15). The minimum Gasteiger partial charge on any atom is -0.340 e. The monoisotopic (exact) mass is 285 g/mol. The number of rotatable bonds is 2. The van der Waals surface area contributed by atoms with E-state index in [4.69, 9.17) is 17.3 Å². The molecule has 0 atom stereocenters. The van der Waals surface area contributed by atoms with Gasteiger partial charge in [-0.3, -0.25) is 0 Å². The van der Waals surface area contributed by atoms with Crippen molar-refractivity contribution in [3.8, 4) is 11.4 Å². The predicted octanol–water partition coefficient (Wildman–Crippen LogP) is 2.95. The maximum Gasteiger partial charge on any atom is 0.140 e. The summed E-state index contributed by atoms with van der Waals surface area (Å²) in [6.45, 7) is 0.415. The van der Waals surface area contributed by atoms with Gasteiger partial charge in [-0.1, -0.05) is 23.7 Å². The fourth-order valence-corrected chi connectivity index (χ4v) is 1.97. The molecular formula is C10H9BrClN3. The molecule has 0 aliphatic rings. The number of nitrogens with one attached hydrogen (secondary N) is 1. The van der Waals surface area contributed by atoms with Crippen molar-refractivity contribution in [1.29, 1.82) is 0 Å². The summed E-state index contributed by atoms with van der Waals surface area (Å²) in [7, 11) is 0. The summed E-state index contributed by atoms with van der Waals surface area (Å²) in [5.41, 5.74) is 7.29. The van der Waals surface area contributed by atoms with Crippen molar-refractivity contribution in [3.63, 3.8) is 0 Å². The average molecular weight is 287 g/mol. The van der Waals surface area contributed by atoms with Crippen molar-refractivity contribution >= 4 is 27.5 Å². The Morgan fingerprint density at radius 1 is 1.40 bits per heavy atom.